The van der Waals surface area contributed by atoms with E-state index in [9.17, 15) is 4.79 Å². The Balaban J connectivity index is 2.56. The van der Waals surface area contributed by atoms with Crippen molar-refractivity contribution in [2.24, 2.45) is 5.92 Å². The SMILES string of the molecule is CC1Cc2c(c[nH]c2Br)C1=O. The third-order valence-corrected chi connectivity index (χ3v) is 2.86. The van der Waals surface area contributed by atoms with E-state index in [0.717, 1.165) is 22.2 Å². The highest BCUT2D eigenvalue weighted by molar-refractivity contribution is 9.10. The fraction of sp³-hybridized carbons (Fsp3) is 0.375. The zero-order valence-corrected chi connectivity index (χ0v) is 7.73. The maximum Gasteiger partial charge on any atom is 0.167 e. The molecular formula is C8H8BrNO. The summed E-state index contributed by atoms with van der Waals surface area (Å²) in [6, 6.07) is 0. The maximum absolute atomic E-state index is 11.4. The van der Waals surface area contributed by atoms with Gasteiger partial charge in [0.2, 0.25) is 0 Å². The Bertz CT molecular complexity index is 316. The average Bonchev–Trinajstić information content (AvgIpc) is 2.43. The summed E-state index contributed by atoms with van der Waals surface area (Å²) in [5.41, 5.74) is 2.01. The van der Waals surface area contributed by atoms with Crippen LogP contribution in [-0.2, 0) is 6.42 Å². The number of H-pyrrole nitrogens is 1. The van der Waals surface area contributed by atoms with Crippen LogP contribution in [0.1, 0.15) is 22.8 Å². The summed E-state index contributed by atoms with van der Waals surface area (Å²) in [6.45, 7) is 1.97. The minimum atomic E-state index is 0.172. The third-order valence-electron chi connectivity index (χ3n) is 2.16. The first-order chi connectivity index (χ1) is 5.20. The molecule has 0 aromatic carbocycles. The summed E-state index contributed by atoms with van der Waals surface area (Å²) in [7, 11) is 0. The molecule has 2 nitrogen and oxygen atoms in total. The van der Waals surface area contributed by atoms with E-state index in [1.807, 2.05) is 6.92 Å². The summed E-state index contributed by atoms with van der Waals surface area (Å²) in [5, 5.41) is 0. The van der Waals surface area contributed by atoms with Gasteiger partial charge in [-0.05, 0) is 27.9 Å². The Morgan fingerprint density at radius 3 is 3.09 bits per heavy atom. The number of nitrogens with one attached hydrogen (secondary N) is 1. The highest BCUT2D eigenvalue weighted by Gasteiger charge is 2.29. The van der Waals surface area contributed by atoms with Gasteiger partial charge in [-0.2, -0.15) is 0 Å². The lowest BCUT2D eigenvalue weighted by atomic mass is 10.1. The normalized spacial score (nSPS) is 22.4. The molecule has 1 N–H and O–H groups in total. The van der Waals surface area contributed by atoms with Gasteiger partial charge in [0.1, 0.15) is 0 Å². The Kier molecular flexibility index (Phi) is 1.42. The maximum atomic E-state index is 11.4. The van der Waals surface area contributed by atoms with Gasteiger partial charge in [-0.25, -0.2) is 0 Å². The lowest BCUT2D eigenvalue weighted by molar-refractivity contribution is 0.0946. The molecule has 1 aromatic rings. The summed E-state index contributed by atoms with van der Waals surface area (Å²) < 4.78 is 0.963. The second kappa shape index (κ2) is 2.21. The van der Waals surface area contributed by atoms with Gasteiger partial charge in [0.25, 0.3) is 0 Å². The van der Waals surface area contributed by atoms with Crippen molar-refractivity contribution in [2.45, 2.75) is 13.3 Å². The van der Waals surface area contributed by atoms with Crippen molar-refractivity contribution in [3.63, 3.8) is 0 Å². The monoisotopic (exact) mass is 213 g/mol. The van der Waals surface area contributed by atoms with Crippen LogP contribution < -0.4 is 0 Å². The third kappa shape index (κ3) is 0.872. The molecule has 0 spiro atoms. The van der Waals surface area contributed by atoms with E-state index in [4.69, 9.17) is 0 Å². The van der Waals surface area contributed by atoms with Crippen LogP contribution in [0, 0.1) is 5.92 Å². The molecular weight excluding hydrogens is 206 g/mol. The number of rotatable bonds is 0. The minimum Gasteiger partial charge on any atom is -0.355 e. The molecule has 1 aliphatic rings. The first-order valence-corrected chi connectivity index (χ1v) is 4.39. The summed E-state index contributed by atoms with van der Waals surface area (Å²) in [6.07, 6.45) is 2.66. The first-order valence-electron chi connectivity index (χ1n) is 3.60. The van der Waals surface area contributed by atoms with Crippen LogP contribution in [0.15, 0.2) is 10.8 Å². The Morgan fingerprint density at radius 2 is 2.45 bits per heavy atom. The van der Waals surface area contributed by atoms with Crippen LogP contribution in [0.5, 0.6) is 0 Å². The molecule has 0 bridgehead atoms. The van der Waals surface area contributed by atoms with Crippen LogP contribution >= 0.6 is 15.9 Å². The second-order valence-electron chi connectivity index (χ2n) is 2.96. The molecule has 1 atom stereocenters. The molecule has 1 heterocycles. The van der Waals surface area contributed by atoms with Crippen molar-refractivity contribution in [1.82, 2.24) is 4.98 Å². The Morgan fingerprint density at radius 1 is 1.73 bits per heavy atom. The van der Waals surface area contributed by atoms with Gasteiger partial charge in [-0.1, -0.05) is 6.92 Å². The molecule has 1 aromatic heterocycles. The topological polar surface area (TPSA) is 32.9 Å². The molecule has 2 rings (SSSR count). The van der Waals surface area contributed by atoms with Crippen LogP contribution in [0.3, 0.4) is 0 Å². The van der Waals surface area contributed by atoms with E-state index in [2.05, 4.69) is 20.9 Å². The fourth-order valence-electron chi connectivity index (χ4n) is 1.51. The van der Waals surface area contributed by atoms with Crippen molar-refractivity contribution in [1.29, 1.82) is 0 Å². The quantitative estimate of drug-likeness (QED) is 0.705. The lowest BCUT2D eigenvalue weighted by Gasteiger charge is -1.95. The molecule has 0 saturated heterocycles. The minimum absolute atomic E-state index is 0.172. The highest BCUT2D eigenvalue weighted by Crippen LogP contribution is 2.31. The number of fused-ring (bicyclic) bond motifs is 1. The van der Waals surface area contributed by atoms with Gasteiger partial charge in [0, 0.05) is 17.7 Å². The average molecular weight is 214 g/mol. The summed E-state index contributed by atoms with van der Waals surface area (Å²) in [4.78, 5) is 14.4. The van der Waals surface area contributed by atoms with Gasteiger partial charge in [0.15, 0.2) is 5.78 Å². The first kappa shape index (κ1) is 7.10. The molecule has 58 valence electrons. The van der Waals surface area contributed by atoms with Gasteiger partial charge >= 0.3 is 0 Å². The number of ketones is 1. The Labute approximate surface area is 73.1 Å². The largest absolute Gasteiger partial charge is 0.355 e. The van der Waals surface area contributed by atoms with Crippen molar-refractivity contribution >= 4 is 21.7 Å². The number of carbonyl (C=O) groups excluding carboxylic acids is 1. The van der Waals surface area contributed by atoms with Crippen LogP contribution in [0.4, 0.5) is 0 Å². The van der Waals surface area contributed by atoms with Crippen molar-refractivity contribution < 1.29 is 4.79 Å². The van der Waals surface area contributed by atoms with E-state index < -0.39 is 0 Å². The van der Waals surface area contributed by atoms with Crippen molar-refractivity contribution in [3.8, 4) is 0 Å². The molecule has 0 saturated carbocycles. The van der Waals surface area contributed by atoms with E-state index >= 15 is 0 Å². The zero-order chi connectivity index (χ0) is 8.01. The van der Waals surface area contributed by atoms with E-state index in [1.54, 1.807) is 6.20 Å². The van der Waals surface area contributed by atoms with E-state index in [1.165, 1.54) is 0 Å². The number of Topliss-reactive ketones (excluding diaryl/α,β-unsaturated/α-hetero) is 1. The summed E-state index contributed by atoms with van der Waals surface area (Å²) in [5.74, 6) is 0.438. The molecule has 0 amide bonds. The van der Waals surface area contributed by atoms with Crippen LogP contribution in [-0.4, -0.2) is 10.8 Å². The Hall–Kier alpha value is -0.570. The molecule has 0 fully saturated rings. The predicted octanol–water partition coefficient (Wildman–Crippen LogP) is 2.15. The van der Waals surface area contributed by atoms with E-state index in [-0.39, 0.29) is 11.7 Å². The number of carbonyl (C=O) groups is 1. The molecule has 1 unspecified atom stereocenters. The number of aromatic nitrogens is 1. The molecule has 1 aliphatic carbocycles. The molecule has 11 heavy (non-hydrogen) atoms. The number of hydrogen-bond donors (Lipinski definition) is 1. The van der Waals surface area contributed by atoms with Gasteiger partial charge in [-0.15, -0.1) is 0 Å². The van der Waals surface area contributed by atoms with E-state index in [0.29, 0.717) is 0 Å². The second-order valence-corrected chi connectivity index (χ2v) is 3.76. The van der Waals surface area contributed by atoms with Gasteiger partial charge in [0.05, 0.1) is 4.60 Å². The van der Waals surface area contributed by atoms with Gasteiger partial charge in [-0.3, -0.25) is 4.79 Å². The number of hydrogen-bond acceptors (Lipinski definition) is 1. The van der Waals surface area contributed by atoms with Crippen LogP contribution in [0.25, 0.3) is 0 Å². The fourth-order valence-corrected chi connectivity index (χ4v) is 2.00. The highest BCUT2D eigenvalue weighted by atomic mass is 79.9. The predicted molar refractivity (Wildman–Crippen MR) is 45.7 cm³/mol. The number of aromatic amines is 1. The van der Waals surface area contributed by atoms with Crippen molar-refractivity contribution in [3.05, 3.63) is 21.9 Å². The van der Waals surface area contributed by atoms with Gasteiger partial charge < -0.3 is 4.98 Å². The molecule has 0 aliphatic heterocycles. The molecule has 3 heteroatoms. The standard InChI is InChI=1S/C8H8BrNO/c1-4-2-5-6(7(4)11)3-10-8(5)9/h3-4,10H,2H2,1H3. The molecule has 0 radical (unpaired) electrons. The number of halogens is 1. The van der Waals surface area contributed by atoms with Crippen LogP contribution in [0.2, 0.25) is 0 Å². The zero-order valence-electron chi connectivity index (χ0n) is 6.15. The lowest BCUT2D eigenvalue weighted by Crippen LogP contribution is -2.03. The summed E-state index contributed by atoms with van der Waals surface area (Å²) >= 11 is 3.36. The van der Waals surface area contributed by atoms with Crippen molar-refractivity contribution in [2.75, 3.05) is 0 Å². The smallest absolute Gasteiger partial charge is 0.167 e.